The van der Waals surface area contributed by atoms with Gasteiger partial charge in [-0.25, -0.2) is 8.42 Å². The summed E-state index contributed by atoms with van der Waals surface area (Å²) < 4.78 is 32.5. The number of rotatable bonds is 7. The molecule has 1 aliphatic heterocycles. The van der Waals surface area contributed by atoms with Crippen LogP contribution in [0.2, 0.25) is 0 Å². The number of sulfonamides is 1. The molecule has 1 N–H and O–H groups in total. The number of benzene rings is 2. The normalized spacial score (nSPS) is 17.6. The number of hydrogen-bond donors (Lipinski definition) is 1. The van der Waals surface area contributed by atoms with E-state index in [0.29, 0.717) is 37.4 Å². The minimum atomic E-state index is -3.59. The molecule has 1 unspecified atom stereocenters. The van der Waals surface area contributed by atoms with E-state index in [1.54, 1.807) is 60.7 Å². The van der Waals surface area contributed by atoms with Crippen LogP contribution in [0, 0.1) is 5.92 Å². The molecule has 1 fully saturated rings. The number of carbonyl (C=O) groups excluding carboxylic acids is 1. The van der Waals surface area contributed by atoms with E-state index < -0.39 is 15.9 Å². The zero-order valence-electron chi connectivity index (χ0n) is 15.6. The van der Waals surface area contributed by atoms with Crippen molar-refractivity contribution in [2.24, 2.45) is 5.92 Å². The number of piperidine rings is 1. The molecule has 28 heavy (non-hydrogen) atoms. The zero-order chi connectivity index (χ0) is 20.0. The Morgan fingerprint density at radius 2 is 2.00 bits per heavy atom. The monoisotopic (exact) mass is 400 g/mol. The van der Waals surface area contributed by atoms with Crippen LogP contribution in [0.5, 0.6) is 5.75 Å². The standard InChI is InChI=1S/C21H24N2O4S/c1-2-14-27-19-10-6-9-18(15-19)22-21(24)17-8-7-13-23(16-17)28(25,26)20-11-4-3-5-12-20/h2-6,9-12,15,17H,1,7-8,13-14,16H2,(H,22,24). The van der Waals surface area contributed by atoms with Gasteiger partial charge < -0.3 is 10.1 Å². The molecule has 1 atom stereocenters. The van der Waals surface area contributed by atoms with Crippen molar-refractivity contribution in [3.05, 3.63) is 67.3 Å². The Morgan fingerprint density at radius 3 is 2.75 bits per heavy atom. The lowest BCUT2D eigenvalue weighted by Gasteiger charge is -2.31. The highest BCUT2D eigenvalue weighted by Crippen LogP contribution is 2.25. The first kappa shape index (κ1) is 20.1. The van der Waals surface area contributed by atoms with Gasteiger partial charge in [-0.3, -0.25) is 4.79 Å². The van der Waals surface area contributed by atoms with Gasteiger partial charge in [0, 0.05) is 24.8 Å². The molecule has 6 nitrogen and oxygen atoms in total. The second-order valence-corrected chi connectivity index (χ2v) is 8.57. The molecule has 0 aromatic heterocycles. The lowest BCUT2D eigenvalue weighted by molar-refractivity contribution is -0.120. The minimum Gasteiger partial charge on any atom is -0.489 e. The number of ether oxygens (including phenoxy) is 1. The van der Waals surface area contributed by atoms with Gasteiger partial charge >= 0.3 is 0 Å². The van der Waals surface area contributed by atoms with Gasteiger partial charge in [-0.15, -0.1) is 0 Å². The number of nitrogens with one attached hydrogen (secondary N) is 1. The smallest absolute Gasteiger partial charge is 0.243 e. The predicted molar refractivity (Wildman–Crippen MR) is 109 cm³/mol. The van der Waals surface area contributed by atoms with Gasteiger partial charge in [0.2, 0.25) is 15.9 Å². The van der Waals surface area contributed by atoms with Gasteiger partial charge in [-0.2, -0.15) is 4.31 Å². The summed E-state index contributed by atoms with van der Waals surface area (Å²) in [6, 6.07) is 15.4. The fraction of sp³-hybridized carbons (Fsp3) is 0.286. The summed E-state index contributed by atoms with van der Waals surface area (Å²) in [6.07, 6.45) is 2.95. The van der Waals surface area contributed by atoms with Crippen LogP contribution in [0.1, 0.15) is 12.8 Å². The number of nitrogens with zero attached hydrogens (tertiary/aromatic N) is 1. The summed E-state index contributed by atoms with van der Waals surface area (Å²) >= 11 is 0. The number of anilines is 1. The Balaban J connectivity index is 1.67. The lowest BCUT2D eigenvalue weighted by Crippen LogP contribution is -2.43. The van der Waals surface area contributed by atoms with E-state index in [2.05, 4.69) is 11.9 Å². The molecular formula is C21H24N2O4S. The summed E-state index contributed by atoms with van der Waals surface area (Å²) in [5.41, 5.74) is 0.620. The average Bonchev–Trinajstić information content (AvgIpc) is 2.73. The molecule has 1 heterocycles. The highest BCUT2D eigenvalue weighted by molar-refractivity contribution is 7.89. The highest BCUT2D eigenvalue weighted by Gasteiger charge is 2.33. The molecule has 1 amide bonds. The van der Waals surface area contributed by atoms with Gasteiger partial charge in [0.15, 0.2) is 0 Å². The fourth-order valence-electron chi connectivity index (χ4n) is 3.18. The third-order valence-electron chi connectivity index (χ3n) is 4.61. The molecule has 148 valence electrons. The Morgan fingerprint density at radius 1 is 1.21 bits per heavy atom. The van der Waals surface area contributed by atoms with Crippen molar-refractivity contribution >= 4 is 21.6 Å². The van der Waals surface area contributed by atoms with Crippen LogP contribution >= 0.6 is 0 Å². The second kappa shape index (κ2) is 9.03. The van der Waals surface area contributed by atoms with Gasteiger partial charge in [-0.05, 0) is 37.1 Å². The van der Waals surface area contributed by atoms with E-state index >= 15 is 0 Å². The number of carbonyl (C=O) groups is 1. The van der Waals surface area contributed by atoms with Crippen molar-refractivity contribution in [1.82, 2.24) is 4.31 Å². The topological polar surface area (TPSA) is 75.7 Å². The van der Waals surface area contributed by atoms with E-state index in [4.69, 9.17) is 4.74 Å². The zero-order valence-corrected chi connectivity index (χ0v) is 16.4. The molecule has 0 aliphatic carbocycles. The van der Waals surface area contributed by atoms with Crippen molar-refractivity contribution in [3.63, 3.8) is 0 Å². The van der Waals surface area contributed by atoms with E-state index in [0.717, 1.165) is 0 Å². The molecule has 3 rings (SSSR count). The Kier molecular flexibility index (Phi) is 6.49. The van der Waals surface area contributed by atoms with E-state index in [9.17, 15) is 13.2 Å². The van der Waals surface area contributed by atoms with Gasteiger partial charge in [0.05, 0.1) is 10.8 Å². The summed E-state index contributed by atoms with van der Waals surface area (Å²) in [6.45, 7) is 4.59. The first-order chi connectivity index (χ1) is 13.5. The SMILES string of the molecule is C=CCOc1cccc(NC(=O)C2CCCN(S(=O)(=O)c3ccccc3)C2)c1. The third-order valence-corrected chi connectivity index (χ3v) is 6.48. The second-order valence-electron chi connectivity index (χ2n) is 6.63. The summed E-state index contributed by atoms with van der Waals surface area (Å²) in [5.74, 6) is 0.0495. The van der Waals surface area contributed by atoms with Crippen LogP contribution in [0.3, 0.4) is 0 Å². The largest absolute Gasteiger partial charge is 0.489 e. The molecule has 1 saturated heterocycles. The lowest BCUT2D eigenvalue weighted by atomic mass is 9.98. The van der Waals surface area contributed by atoms with Crippen molar-refractivity contribution in [3.8, 4) is 5.75 Å². The van der Waals surface area contributed by atoms with E-state index in [-0.39, 0.29) is 17.3 Å². The molecule has 0 spiro atoms. The Bertz CT molecular complexity index is 928. The van der Waals surface area contributed by atoms with Gasteiger partial charge in [0.25, 0.3) is 0 Å². The van der Waals surface area contributed by atoms with Crippen LogP contribution in [0.15, 0.2) is 72.1 Å². The van der Waals surface area contributed by atoms with Crippen molar-refractivity contribution in [2.75, 3.05) is 25.0 Å². The summed E-state index contributed by atoms with van der Waals surface area (Å²) in [5, 5.41) is 2.87. The Labute approximate surface area is 165 Å². The summed E-state index contributed by atoms with van der Waals surface area (Å²) in [7, 11) is -3.59. The van der Waals surface area contributed by atoms with Crippen LogP contribution in [0.25, 0.3) is 0 Å². The van der Waals surface area contributed by atoms with Gasteiger partial charge in [0.1, 0.15) is 12.4 Å². The predicted octanol–water partition coefficient (Wildman–Crippen LogP) is 3.29. The quantitative estimate of drug-likeness (QED) is 0.724. The van der Waals surface area contributed by atoms with Crippen LogP contribution in [-0.4, -0.2) is 38.3 Å². The molecule has 7 heteroatoms. The number of hydrogen-bond acceptors (Lipinski definition) is 4. The first-order valence-corrected chi connectivity index (χ1v) is 10.6. The molecule has 2 aromatic carbocycles. The average molecular weight is 401 g/mol. The fourth-order valence-corrected chi connectivity index (χ4v) is 4.72. The van der Waals surface area contributed by atoms with E-state index in [1.807, 2.05) is 0 Å². The van der Waals surface area contributed by atoms with Crippen molar-refractivity contribution < 1.29 is 17.9 Å². The molecule has 2 aromatic rings. The van der Waals surface area contributed by atoms with Gasteiger partial charge in [-0.1, -0.05) is 36.9 Å². The highest BCUT2D eigenvalue weighted by atomic mass is 32.2. The number of amides is 1. The van der Waals surface area contributed by atoms with Crippen molar-refractivity contribution in [1.29, 1.82) is 0 Å². The minimum absolute atomic E-state index is 0.176. The van der Waals surface area contributed by atoms with Crippen LogP contribution in [0.4, 0.5) is 5.69 Å². The summed E-state index contributed by atoms with van der Waals surface area (Å²) in [4.78, 5) is 13.0. The maximum Gasteiger partial charge on any atom is 0.243 e. The first-order valence-electron chi connectivity index (χ1n) is 9.20. The molecule has 0 saturated carbocycles. The molecule has 0 bridgehead atoms. The third kappa shape index (κ3) is 4.79. The maximum atomic E-state index is 12.8. The maximum absolute atomic E-state index is 12.8. The Hall–Kier alpha value is -2.64. The molecule has 0 radical (unpaired) electrons. The molecular weight excluding hydrogens is 376 g/mol. The molecule has 1 aliphatic rings. The van der Waals surface area contributed by atoms with E-state index in [1.165, 1.54) is 4.31 Å². The van der Waals surface area contributed by atoms with Crippen molar-refractivity contribution in [2.45, 2.75) is 17.7 Å². The van der Waals surface area contributed by atoms with Crippen LogP contribution in [-0.2, 0) is 14.8 Å². The van der Waals surface area contributed by atoms with Crippen LogP contribution < -0.4 is 10.1 Å².